The minimum absolute atomic E-state index is 0. The molecule has 0 spiro atoms. The van der Waals surface area contributed by atoms with Crippen LogP contribution in [0.3, 0.4) is 0 Å². The van der Waals surface area contributed by atoms with Gasteiger partial charge in [0.15, 0.2) is 5.96 Å². The Hall–Kier alpha value is -2.21. The zero-order valence-electron chi connectivity index (χ0n) is 16.7. The number of halogens is 1. The van der Waals surface area contributed by atoms with Crippen molar-refractivity contribution >= 4 is 35.6 Å². The molecule has 0 atom stereocenters. The lowest BCUT2D eigenvalue weighted by molar-refractivity contribution is -0.384. The summed E-state index contributed by atoms with van der Waals surface area (Å²) in [5.41, 5.74) is 2.00. The van der Waals surface area contributed by atoms with Crippen molar-refractivity contribution in [2.75, 3.05) is 32.7 Å². The van der Waals surface area contributed by atoms with Gasteiger partial charge in [0.2, 0.25) is 0 Å². The van der Waals surface area contributed by atoms with Gasteiger partial charge in [-0.1, -0.05) is 17.3 Å². The van der Waals surface area contributed by atoms with Crippen molar-refractivity contribution in [2.24, 2.45) is 4.99 Å². The lowest BCUT2D eigenvalue weighted by Gasteiger charge is -2.36. The van der Waals surface area contributed by atoms with Crippen molar-refractivity contribution in [3.63, 3.8) is 0 Å². The Morgan fingerprint density at radius 1 is 1.28 bits per heavy atom. The first-order valence-electron chi connectivity index (χ1n) is 9.46. The van der Waals surface area contributed by atoms with Crippen LogP contribution in [0.4, 0.5) is 5.69 Å². The second-order valence-electron chi connectivity index (χ2n) is 6.79. The zero-order valence-corrected chi connectivity index (χ0v) is 19.0. The molecule has 3 rings (SSSR count). The Labute approximate surface area is 187 Å². The number of aromatic nitrogens is 1. The molecule has 0 radical (unpaired) electrons. The largest absolute Gasteiger partial charge is 0.361 e. The molecule has 1 aliphatic heterocycles. The van der Waals surface area contributed by atoms with E-state index in [0.29, 0.717) is 6.54 Å². The van der Waals surface area contributed by atoms with Gasteiger partial charge in [0.25, 0.3) is 5.69 Å². The van der Waals surface area contributed by atoms with Crippen LogP contribution < -0.4 is 5.32 Å². The first-order valence-corrected chi connectivity index (χ1v) is 9.46. The normalized spacial score (nSPS) is 15.1. The number of nitrogens with zero attached hydrogens (tertiary/aromatic N) is 5. The van der Waals surface area contributed by atoms with Crippen molar-refractivity contribution in [3.05, 3.63) is 57.5 Å². The van der Waals surface area contributed by atoms with E-state index in [2.05, 4.69) is 20.3 Å². The van der Waals surface area contributed by atoms with E-state index in [1.165, 1.54) is 12.1 Å². The number of non-ortho nitro benzene ring substituents is 1. The van der Waals surface area contributed by atoms with Gasteiger partial charge < -0.3 is 14.7 Å². The van der Waals surface area contributed by atoms with Gasteiger partial charge in [-0.3, -0.25) is 15.0 Å². The van der Waals surface area contributed by atoms with Crippen molar-refractivity contribution in [3.8, 4) is 0 Å². The van der Waals surface area contributed by atoms with Crippen LogP contribution in [0.25, 0.3) is 0 Å². The van der Waals surface area contributed by atoms with Crippen molar-refractivity contribution < 1.29 is 9.45 Å². The number of aliphatic imine (C=N–C) groups is 1. The number of nitrogens with one attached hydrogen (secondary N) is 1. The maximum absolute atomic E-state index is 10.8. The highest BCUT2D eigenvalue weighted by Gasteiger charge is 2.20. The molecule has 10 heteroatoms. The summed E-state index contributed by atoms with van der Waals surface area (Å²) in [5, 5.41) is 18.2. The molecular formula is C19H27IN6O3. The topological polar surface area (TPSA) is 100 Å². The van der Waals surface area contributed by atoms with Crippen LogP contribution in [0.5, 0.6) is 0 Å². The molecular weight excluding hydrogens is 487 g/mol. The number of guanidine groups is 1. The second-order valence-corrected chi connectivity index (χ2v) is 6.79. The number of nitro benzene ring substituents is 1. The van der Waals surface area contributed by atoms with E-state index in [4.69, 9.17) is 9.52 Å². The van der Waals surface area contributed by atoms with Gasteiger partial charge in [0.1, 0.15) is 5.76 Å². The van der Waals surface area contributed by atoms with E-state index in [9.17, 15) is 10.1 Å². The molecule has 1 N–H and O–H groups in total. The van der Waals surface area contributed by atoms with Crippen LogP contribution in [0.15, 0.2) is 39.8 Å². The summed E-state index contributed by atoms with van der Waals surface area (Å²) in [6.45, 7) is 9.62. The first kappa shape index (κ1) is 23.1. The van der Waals surface area contributed by atoms with Gasteiger partial charge in [-0.05, 0) is 19.4 Å². The average molecular weight is 514 g/mol. The molecule has 158 valence electrons. The smallest absolute Gasteiger partial charge is 0.269 e. The number of aryl methyl sites for hydroxylation is 1. The highest BCUT2D eigenvalue weighted by Crippen LogP contribution is 2.13. The maximum Gasteiger partial charge on any atom is 0.269 e. The van der Waals surface area contributed by atoms with Crippen LogP contribution in [0.1, 0.15) is 23.9 Å². The molecule has 0 aliphatic carbocycles. The number of hydrogen-bond acceptors (Lipinski definition) is 6. The molecule has 2 heterocycles. The highest BCUT2D eigenvalue weighted by molar-refractivity contribution is 14.0. The van der Waals surface area contributed by atoms with Gasteiger partial charge in [-0.15, -0.1) is 24.0 Å². The number of rotatable bonds is 6. The third-order valence-corrected chi connectivity index (χ3v) is 4.63. The van der Waals surface area contributed by atoms with Crippen molar-refractivity contribution in [1.82, 2.24) is 20.3 Å². The van der Waals surface area contributed by atoms with E-state index in [1.807, 2.05) is 19.9 Å². The Bertz CT molecular complexity index is 816. The Kier molecular flexibility index (Phi) is 8.83. The second kappa shape index (κ2) is 11.1. The summed E-state index contributed by atoms with van der Waals surface area (Å²) in [6.07, 6.45) is 0. The third kappa shape index (κ3) is 6.67. The predicted octanol–water partition coefficient (Wildman–Crippen LogP) is 2.79. The molecule has 9 nitrogen and oxygen atoms in total. The minimum atomic E-state index is -0.392. The summed E-state index contributed by atoms with van der Waals surface area (Å²) in [7, 11) is 0. The van der Waals surface area contributed by atoms with Crippen LogP contribution in [0, 0.1) is 17.0 Å². The van der Waals surface area contributed by atoms with Gasteiger partial charge in [0, 0.05) is 57.5 Å². The fraction of sp³-hybridized carbons (Fsp3) is 0.474. The summed E-state index contributed by atoms with van der Waals surface area (Å²) >= 11 is 0. The zero-order chi connectivity index (χ0) is 19.9. The fourth-order valence-corrected chi connectivity index (χ4v) is 3.15. The summed E-state index contributed by atoms with van der Waals surface area (Å²) in [4.78, 5) is 19.7. The van der Waals surface area contributed by atoms with Crippen LogP contribution >= 0.6 is 24.0 Å². The molecule has 1 aromatic carbocycles. The van der Waals surface area contributed by atoms with E-state index < -0.39 is 4.92 Å². The molecule has 0 unspecified atom stereocenters. The van der Waals surface area contributed by atoms with Crippen LogP contribution in [-0.4, -0.2) is 58.6 Å². The average Bonchev–Trinajstić information content (AvgIpc) is 3.11. The lowest BCUT2D eigenvalue weighted by Crippen LogP contribution is -2.52. The monoisotopic (exact) mass is 514 g/mol. The van der Waals surface area contributed by atoms with Crippen LogP contribution in [-0.2, 0) is 13.1 Å². The Balaban J connectivity index is 0.00000300. The molecule has 0 bridgehead atoms. The number of hydrogen-bond donors (Lipinski definition) is 1. The predicted molar refractivity (Wildman–Crippen MR) is 121 cm³/mol. The van der Waals surface area contributed by atoms with Crippen molar-refractivity contribution in [1.29, 1.82) is 0 Å². The van der Waals surface area contributed by atoms with Gasteiger partial charge in [-0.2, -0.15) is 0 Å². The van der Waals surface area contributed by atoms with E-state index in [-0.39, 0.29) is 29.7 Å². The quantitative estimate of drug-likeness (QED) is 0.208. The van der Waals surface area contributed by atoms with Crippen LogP contribution in [0.2, 0.25) is 0 Å². The molecule has 2 aromatic rings. The van der Waals surface area contributed by atoms with E-state index in [0.717, 1.165) is 62.2 Å². The Morgan fingerprint density at radius 2 is 1.97 bits per heavy atom. The third-order valence-electron chi connectivity index (χ3n) is 4.63. The Morgan fingerprint density at radius 3 is 2.52 bits per heavy atom. The molecule has 1 aromatic heterocycles. The fourth-order valence-electron chi connectivity index (χ4n) is 3.15. The molecule has 1 saturated heterocycles. The van der Waals surface area contributed by atoms with Crippen molar-refractivity contribution in [2.45, 2.75) is 26.9 Å². The highest BCUT2D eigenvalue weighted by atomic mass is 127. The lowest BCUT2D eigenvalue weighted by atomic mass is 10.2. The first-order chi connectivity index (χ1) is 13.5. The molecule has 0 amide bonds. The molecule has 1 aliphatic rings. The van der Waals surface area contributed by atoms with Gasteiger partial charge >= 0.3 is 0 Å². The molecule has 29 heavy (non-hydrogen) atoms. The van der Waals surface area contributed by atoms with E-state index >= 15 is 0 Å². The van der Waals surface area contributed by atoms with Gasteiger partial charge in [0.05, 0.1) is 17.2 Å². The maximum atomic E-state index is 10.8. The molecule has 1 fully saturated rings. The number of piperazine rings is 1. The summed E-state index contributed by atoms with van der Waals surface area (Å²) < 4.78 is 5.14. The summed E-state index contributed by atoms with van der Waals surface area (Å²) in [6, 6.07) is 8.51. The molecule has 0 saturated carbocycles. The van der Waals surface area contributed by atoms with E-state index in [1.54, 1.807) is 12.1 Å². The number of benzene rings is 1. The SMILES string of the molecule is CCNC(=NCc1ccc([N+](=O)[O-])cc1)N1CCN(Cc2cc(C)on2)CC1.I. The minimum Gasteiger partial charge on any atom is -0.361 e. The summed E-state index contributed by atoms with van der Waals surface area (Å²) in [5.74, 6) is 1.71. The standard InChI is InChI=1S/C19H26N6O3.HI/c1-3-20-19(21-13-16-4-6-18(7-5-16)25(26)27)24-10-8-23(9-11-24)14-17-12-15(2)28-22-17;/h4-7,12H,3,8-11,13-14H2,1-2H3,(H,20,21);1H. The van der Waals surface area contributed by atoms with Gasteiger partial charge in [-0.25, -0.2) is 4.99 Å². The number of nitro groups is 1.